The number of hydrogen-bond donors (Lipinski definition) is 1. The van der Waals surface area contributed by atoms with Gasteiger partial charge in [0.05, 0.1) is 13.3 Å². The molecule has 6 nitrogen and oxygen atoms in total. The molecule has 164 valence electrons. The highest BCUT2D eigenvalue weighted by molar-refractivity contribution is 7.71. The second-order valence-electron chi connectivity index (χ2n) is 8.74. The van der Waals surface area contributed by atoms with Gasteiger partial charge in [0.2, 0.25) is 4.77 Å². The smallest absolute Gasteiger partial charge is 0.216 e. The lowest BCUT2D eigenvalue weighted by Gasteiger charge is -2.19. The van der Waals surface area contributed by atoms with Crippen LogP contribution in [0.25, 0.3) is 0 Å². The van der Waals surface area contributed by atoms with Gasteiger partial charge in [-0.3, -0.25) is 5.10 Å². The molecule has 0 saturated heterocycles. The molecule has 0 amide bonds. The van der Waals surface area contributed by atoms with Crippen LogP contribution in [0, 0.1) is 4.77 Å². The topological polar surface area (TPSA) is 64.4 Å². The van der Waals surface area contributed by atoms with Gasteiger partial charge in [0, 0.05) is 5.92 Å². The summed E-state index contributed by atoms with van der Waals surface area (Å²) in [4.78, 5) is 0. The van der Waals surface area contributed by atoms with Crippen molar-refractivity contribution in [3.8, 4) is 11.5 Å². The fourth-order valence-electron chi connectivity index (χ4n) is 3.06. The summed E-state index contributed by atoms with van der Waals surface area (Å²) in [5, 5.41) is 11.5. The largest absolute Gasteiger partial charge is 0.493 e. The average molecular weight is 439 g/mol. The van der Waals surface area contributed by atoms with Crippen LogP contribution in [0.3, 0.4) is 0 Å². The van der Waals surface area contributed by atoms with Crippen LogP contribution in [0.5, 0.6) is 11.5 Å². The molecule has 3 aromatic rings. The van der Waals surface area contributed by atoms with E-state index >= 15 is 0 Å². The lowest BCUT2D eigenvalue weighted by Crippen LogP contribution is -2.10. The molecule has 7 heteroatoms. The number of methoxy groups -OCH3 is 1. The number of aromatic nitrogens is 3. The quantitative estimate of drug-likeness (QED) is 0.372. The number of ether oxygens (including phenoxy) is 2. The van der Waals surface area contributed by atoms with Gasteiger partial charge in [0.15, 0.2) is 17.3 Å². The number of aromatic amines is 1. The van der Waals surface area contributed by atoms with Crippen molar-refractivity contribution in [2.45, 2.75) is 52.6 Å². The number of nitrogens with one attached hydrogen (secondary N) is 1. The number of nitrogens with zero attached hydrogens (tertiary/aromatic N) is 3. The van der Waals surface area contributed by atoms with Gasteiger partial charge in [-0.05, 0) is 52.5 Å². The third-order valence-corrected chi connectivity index (χ3v) is 5.18. The molecule has 0 bridgehead atoms. The lowest BCUT2D eigenvalue weighted by molar-refractivity contribution is 0.284. The fourth-order valence-corrected chi connectivity index (χ4v) is 3.25. The zero-order valence-electron chi connectivity index (χ0n) is 19.0. The van der Waals surface area contributed by atoms with Crippen LogP contribution >= 0.6 is 12.2 Å². The summed E-state index contributed by atoms with van der Waals surface area (Å²) in [7, 11) is 1.63. The van der Waals surface area contributed by atoms with E-state index in [2.05, 4.69) is 60.3 Å². The van der Waals surface area contributed by atoms with Gasteiger partial charge >= 0.3 is 0 Å². The van der Waals surface area contributed by atoms with Crippen molar-refractivity contribution in [2.24, 2.45) is 5.10 Å². The molecule has 1 N–H and O–H groups in total. The van der Waals surface area contributed by atoms with Gasteiger partial charge in [-0.2, -0.15) is 14.9 Å². The summed E-state index contributed by atoms with van der Waals surface area (Å²) in [5.41, 5.74) is 3.42. The zero-order chi connectivity index (χ0) is 22.6. The summed E-state index contributed by atoms with van der Waals surface area (Å²) >= 11 is 5.27. The van der Waals surface area contributed by atoms with Crippen LogP contribution in [0.15, 0.2) is 47.6 Å². The standard InChI is InChI=1S/C24H30N4O2S/c1-16(2)22-26-27-23(31)28(22)25-14-18-9-12-20(21(13-18)29-6)30-15-17-7-10-19(11-8-17)24(3,4)5/h7-14,16H,15H2,1-6H3,(H,27,31)/b25-14-. The Morgan fingerprint density at radius 3 is 2.45 bits per heavy atom. The third-order valence-electron chi connectivity index (χ3n) is 4.92. The minimum atomic E-state index is 0.136. The minimum Gasteiger partial charge on any atom is -0.493 e. The molecule has 0 aliphatic heterocycles. The molecule has 0 spiro atoms. The highest BCUT2D eigenvalue weighted by atomic mass is 32.1. The highest BCUT2D eigenvalue weighted by Crippen LogP contribution is 2.29. The normalized spacial score (nSPS) is 12.0. The van der Waals surface area contributed by atoms with E-state index in [1.54, 1.807) is 18.0 Å². The van der Waals surface area contributed by atoms with E-state index in [1.165, 1.54) is 5.56 Å². The van der Waals surface area contributed by atoms with Crippen molar-refractivity contribution < 1.29 is 9.47 Å². The first kappa shape index (κ1) is 22.7. The molecule has 0 fully saturated rings. The average Bonchev–Trinajstić information content (AvgIpc) is 3.11. The Labute approximate surface area is 188 Å². The minimum absolute atomic E-state index is 0.136. The van der Waals surface area contributed by atoms with Crippen molar-refractivity contribution >= 4 is 18.4 Å². The first-order chi connectivity index (χ1) is 14.7. The van der Waals surface area contributed by atoms with Crippen LogP contribution in [0.4, 0.5) is 0 Å². The fraction of sp³-hybridized carbons (Fsp3) is 0.375. The van der Waals surface area contributed by atoms with E-state index in [4.69, 9.17) is 21.7 Å². The molecule has 0 atom stereocenters. The molecule has 0 aliphatic carbocycles. The van der Waals surface area contributed by atoms with Crippen LogP contribution in [-0.2, 0) is 12.0 Å². The molecule has 0 unspecified atom stereocenters. The molecule has 0 aliphatic rings. The van der Waals surface area contributed by atoms with Gasteiger partial charge < -0.3 is 9.47 Å². The number of benzene rings is 2. The summed E-state index contributed by atoms with van der Waals surface area (Å²) in [6.07, 6.45) is 1.73. The van der Waals surface area contributed by atoms with E-state index in [0.717, 1.165) is 17.0 Å². The number of hydrogen-bond acceptors (Lipinski definition) is 5. The molecule has 0 radical (unpaired) electrons. The molecule has 2 aromatic carbocycles. The van der Waals surface area contributed by atoms with E-state index < -0.39 is 0 Å². The van der Waals surface area contributed by atoms with Gasteiger partial charge in [0.1, 0.15) is 6.61 Å². The Balaban J connectivity index is 1.73. The van der Waals surface area contributed by atoms with Crippen LogP contribution in [-0.4, -0.2) is 28.2 Å². The van der Waals surface area contributed by atoms with Crippen molar-refractivity contribution in [3.05, 3.63) is 69.8 Å². The van der Waals surface area contributed by atoms with Gasteiger partial charge in [0.25, 0.3) is 0 Å². The predicted octanol–water partition coefficient (Wildman–Crippen LogP) is 5.83. The van der Waals surface area contributed by atoms with Crippen molar-refractivity contribution in [1.29, 1.82) is 0 Å². The van der Waals surface area contributed by atoms with Crippen molar-refractivity contribution in [3.63, 3.8) is 0 Å². The summed E-state index contributed by atoms with van der Waals surface area (Å²) < 4.78 is 13.6. The Morgan fingerprint density at radius 1 is 1.13 bits per heavy atom. The SMILES string of the molecule is COc1cc(/C=N\n2c(C(C)C)n[nH]c2=S)ccc1OCc1ccc(C(C)(C)C)cc1. The second-order valence-corrected chi connectivity index (χ2v) is 9.13. The van der Waals surface area contributed by atoms with Crippen LogP contribution < -0.4 is 9.47 Å². The number of H-pyrrole nitrogens is 1. The van der Waals surface area contributed by atoms with E-state index in [-0.39, 0.29) is 11.3 Å². The molecule has 3 rings (SSSR count). The third kappa shape index (κ3) is 5.61. The van der Waals surface area contributed by atoms with E-state index in [1.807, 2.05) is 32.0 Å². The maximum absolute atomic E-state index is 6.01. The molecule has 1 heterocycles. The van der Waals surface area contributed by atoms with Crippen molar-refractivity contribution in [1.82, 2.24) is 14.9 Å². The Hall–Kier alpha value is -2.93. The van der Waals surface area contributed by atoms with Crippen LogP contribution in [0.2, 0.25) is 0 Å². The Kier molecular flexibility index (Phi) is 6.95. The summed E-state index contributed by atoms with van der Waals surface area (Å²) in [6, 6.07) is 14.2. The summed E-state index contributed by atoms with van der Waals surface area (Å²) in [5.74, 6) is 2.32. The zero-order valence-corrected chi connectivity index (χ0v) is 19.8. The van der Waals surface area contributed by atoms with Gasteiger partial charge in [-0.15, -0.1) is 0 Å². The van der Waals surface area contributed by atoms with Gasteiger partial charge in [-0.1, -0.05) is 58.9 Å². The summed E-state index contributed by atoms with van der Waals surface area (Å²) in [6.45, 7) is 11.2. The molecule has 1 aromatic heterocycles. The lowest BCUT2D eigenvalue weighted by atomic mass is 9.87. The first-order valence-electron chi connectivity index (χ1n) is 10.3. The van der Waals surface area contributed by atoms with Crippen molar-refractivity contribution in [2.75, 3.05) is 7.11 Å². The monoisotopic (exact) mass is 438 g/mol. The van der Waals surface area contributed by atoms with Gasteiger partial charge in [-0.25, -0.2) is 0 Å². The Morgan fingerprint density at radius 2 is 1.84 bits per heavy atom. The maximum Gasteiger partial charge on any atom is 0.216 e. The molecule has 0 saturated carbocycles. The predicted molar refractivity (Wildman–Crippen MR) is 127 cm³/mol. The first-order valence-corrected chi connectivity index (χ1v) is 10.7. The maximum atomic E-state index is 6.01. The molecular formula is C24H30N4O2S. The number of rotatable bonds is 7. The molecule has 31 heavy (non-hydrogen) atoms. The molecular weight excluding hydrogens is 408 g/mol. The second kappa shape index (κ2) is 9.47. The van der Waals surface area contributed by atoms with E-state index in [0.29, 0.717) is 22.9 Å². The highest BCUT2D eigenvalue weighted by Gasteiger charge is 2.13. The van der Waals surface area contributed by atoms with Crippen LogP contribution in [0.1, 0.15) is 63.1 Å². The Bertz CT molecular complexity index is 1110. The van der Waals surface area contributed by atoms with E-state index in [9.17, 15) is 0 Å².